The number of carbonyl (C=O) groups is 3. The standard InChI is InChI=1S/C56H108O6/c1-50(2)42-36-30-24-18-12-8-7-9-14-21-27-33-39-45-54(57)60-48-53(49-61-55(58)46-40-34-28-22-17-16-20-26-32-38-44-52(5)6)62-56(59)47-41-35-29-23-15-11-10-13-19-25-31-37-43-51(3)4/h50-53H,7-49H2,1-6H3/t53-/m0/s1. The number of carbonyl (C=O) groups excluding carboxylic acids is 3. The molecule has 0 heterocycles. The van der Waals surface area contributed by atoms with Crippen molar-refractivity contribution >= 4 is 17.9 Å². The van der Waals surface area contributed by atoms with Crippen LogP contribution in [0.3, 0.4) is 0 Å². The number of ether oxygens (including phenoxy) is 3. The fraction of sp³-hybridized carbons (Fsp3) is 0.946. The van der Waals surface area contributed by atoms with Gasteiger partial charge in [0.2, 0.25) is 0 Å². The Hall–Kier alpha value is -1.59. The van der Waals surface area contributed by atoms with Crippen LogP contribution in [0.4, 0.5) is 0 Å². The third-order valence-corrected chi connectivity index (χ3v) is 12.6. The Bertz CT molecular complexity index is 960. The summed E-state index contributed by atoms with van der Waals surface area (Å²) in [7, 11) is 0. The normalized spacial score (nSPS) is 12.1. The highest BCUT2D eigenvalue weighted by molar-refractivity contribution is 5.71. The van der Waals surface area contributed by atoms with E-state index in [0.29, 0.717) is 19.3 Å². The summed E-state index contributed by atoms with van der Waals surface area (Å²) >= 11 is 0. The van der Waals surface area contributed by atoms with Crippen LogP contribution in [0.25, 0.3) is 0 Å². The summed E-state index contributed by atoms with van der Waals surface area (Å²) in [6.45, 7) is 13.7. The molecule has 0 radical (unpaired) electrons. The first kappa shape index (κ1) is 60.4. The maximum atomic E-state index is 12.8. The minimum Gasteiger partial charge on any atom is -0.462 e. The second-order valence-electron chi connectivity index (χ2n) is 20.6. The van der Waals surface area contributed by atoms with Crippen LogP contribution in [0.1, 0.15) is 305 Å². The summed E-state index contributed by atoms with van der Waals surface area (Å²) < 4.78 is 16.9. The Balaban J connectivity index is 4.31. The van der Waals surface area contributed by atoms with Crippen molar-refractivity contribution < 1.29 is 28.6 Å². The summed E-state index contributed by atoms with van der Waals surface area (Å²) in [5, 5.41) is 0. The maximum Gasteiger partial charge on any atom is 0.306 e. The van der Waals surface area contributed by atoms with Crippen molar-refractivity contribution in [3.8, 4) is 0 Å². The molecule has 0 amide bonds. The van der Waals surface area contributed by atoms with E-state index in [1.807, 2.05) is 0 Å². The Labute approximate surface area is 387 Å². The van der Waals surface area contributed by atoms with Crippen LogP contribution in [0.2, 0.25) is 0 Å². The average molecular weight is 877 g/mol. The summed E-state index contributed by atoms with van der Waals surface area (Å²) in [5.41, 5.74) is 0. The van der Waals surface area contributed by atoms with Gasteiger partial charge in [-0.1, -0.05) is 266 Å². The zero-order valence-electron chi connectivity index (χ0n) is 42.7. The molecular weight excluding hydrogens is 769 g/mol. The van der Waals surface area contributed by atoms with Crippen LogP contribution in [0.15, 0.2) is 0 Å². The molecule has 0 rings (SSSR count). The van der Waals surface area contributed by atoms with Crippen LogP contribution < -0.4 is 0 Å². The fourth-order valence-corrected chi connectivity index (χ4v) is 8.47. The second kappa shape index (κ2) is 47.4. The molecule has 0 bridgehead atoms. The van der Waals surface area contributed by atoms with Crippen molar-refractivity contribution in [2.75, 3.05) is 13.2 Å². The molecule has 0 saturated carbocycles. The minimum absolute atomic E-state index is 0.0640. The van der Waals surface area contributed by atoms with Crippen molar-refractivity contribution in [2.24, 2.45) is 17.8 Å². The van der Waals surface area contributed by atoms with E-state index >= 15 is 0 Å². The van der Waals surface area contributed by atoms with Gasteiger partial charge in [0.1, 0.15) is 13.2 Å². The molecule has 368 valence electrons. The Morgan fingerprint density at radius 1 is 0.274 bits per heavy atom. The van der Waals surface area contributed by atoms with Crippen molar-refractivity contribution in [1.82, 2.24) is 0 Å². The van der Waals surface area contributed by atoms with E-state index in [1.54, 1.807) is 0 Å². The highest BCUT2D eigenvalue weighted by atomic mass is 16.6. The molecule has 62 heavy (non-hydrogen) atoms. The Morgan fingerprint density at radius 2 is 0.468 bits per heavy atom. The topological polar surface area (TPSA) is 78.9 Å². The number of hydrogen-bond donors (Lipinski definition) is 0. The van der Waals surface area contributed by atoms with E-state index < -0.39 is 6.10 Å². The van der Waals surface area contributed by atoms with Crippen molar-refractivity contribution in [1.29, 1.82) is 0 Å². The van der Waals surface area contributed by atoms with Crippen LogP contribution in [-0.4, -0.2) is 37.2 Å². The van der Waals surface area contributed by atoms with E-state index in [0.717, 1.165) is 75.5 Å². The lowest BCUT2D eigenvalue weighted by Crippen LogP contribution is -2.30. The third-order valence-electron chi connectivity index (χ3n) is 12.6. The molecule has 0 N–H and O–H groups in total. The molecule has 0 spiro atoms. The number of esters is 3. The van der Waals surface area contributed by atoms with Crippen LogP contribution in [-0.2, 0) is 28.6 Å². The van der Waals surface area contributed by atoms with E-state index in [4.69, 9.17) is 14.2 Å². The van der Waals surface area contributed by atoms with Gasteiger partial charge in [-0.2, -0.15) is 0 Å². The van der Waals surface area contributed by atoms with Gasteiger partial charge in [0.15, 0.2) is 6.10 Å². The first-order chi connectivity index (χ1) is 30.1. The second-order valence-corrected chi connectivity index (χ2v) is 20.6. The average Bonchev–Trinajstić information content (AvgIpc) is 3.23. The summed E-state index contributed by atoms with van der Waals surface area (Å²) in [6, 6.07) is 0. The van der Waals surface area contributed by atoms with Crippen molar-refractivity contribution in [3.05, 3.63) is 0 Å². The van der Waals surface area contributed by atoms with Gasteiger partial charge in [0.05, 0.1) is 0 Å². The van der Waals surface area contributed by atoms with Crippen molar-refractivity contribution in [3.63, 3.8) is 0 Å². The largest absolute Gasteiger partial charge is 0.462 e. The number of rotatable bonds is 49. The first-order valence-electron chi connectivity index (χ1n) is 27.6. The summed E-state index contributed by atoms with van der Waals surface area (Å²) in [5.74, 6) is 1.64. The van der Waals surface area contributed by atoms with Gasteiger partial charge in [0.25, 0.3) is 0 Å². The highest BCUT2D eigenvalue weighted by Crippen LogP contribution is 2.18. The van der Waals surface area contributed by atoms with Gasteiger partial charge in [-0.05, 0) is 37.0 Å². The molecule has 1 atom stereocenters. The third kappa shape index (κ3) is 49.4. The number of unbranched alkanes of at least 4 members (excludes halogenated alkanes) is 32. The van der Waals surface area contributed by atoms with Gasteiger partial charge in [-0.25, -0.2) is 0 Å². The molecule has 0 aromatic heterocycles. The quantitative estimate of drug-likeness (QED) is 0.0344. The lowest BCUT2D eigenvalue weighted by Gasteiger charge is -2.18. The van der Waals surface area contributed by atoms with Crippen LogP contribution >= 0.6 is 0 Å². The molecule has 0 aromatic carbocycles. The number of hydrogen-bond acceptors (Lipinski definition) is 6. The highest BCUT2D eigenvalue weighted by Gasteiger charge is 2.19. The SMILES string of the molecule is CC(C)CCCCCCCCCCCCCCCC(=O)OC[C@@H](COC(=O)CCCCCCCCCCCCC(C)C)OC(=O)CCCCCCCCCCCCCCC(C)C. The molecule has 0 aliphatic carbocycles. The van der Waals surface area contributed by atoms with E-state index in [9.17, 15) is 14.4 Å². The van der Waals surface area contributed by atoms with Gasteiger partial charge in [0, 0.05) is 19.3 Å². The van der Waals surface area contributed by atoms with Crippen molar-refractivity contribution in [2.45, 2.75) is 311 Å². The molecule has 0 aliphatic rings. The maximum absolute atomic E-state index is 12.8. The van der Waals surface area contributed by atoms with Gasteiger partial charge in [-0.3, -0.25) is 14.4 Å². The van der Waals surface area contributed by atoms with Gasteiger partial charge < -0.3 is 14.2 Å². The first-order valence-corrected chi connectivity index (χ1v) is 27.6. The predicted octanol–water partition coefficient (Wildman–Crippen LogP) is 17.9. The molecule has 0 fully saturated rings. The molecule has 0 saturated heterocycles. The van der Waals surface area contributed by atoms with Crippen LogP contribution in [0, 0.1) is 17.8 Å². The van der Waals surface area contributed by atoms with E-state index in [2.05, 4.69) is 41.5 Å². The molecule has 0 aliphatic heterocycles. The Morgan fingerprint density at radius 3 is 0.694 bits per heavy atom. The Kier molecular flexibility index (Phi) is 46.2. The molecule has 6 nitrogen and oxygen atoms in total. The van der Waals surface area contributed by atoms with E-state index in [1.165, 1.54) is 186 Å². The molecule has 0 unspecified atom stereocenters. The lowest BCUT2D eigenvalue weighted by molar-refractivity contribution is -0.167. The zero-order valence-corrected chi connectivity index (χ0v) is 42.7. The van der Waals surface area contributed by atoms with Crippen LogP contribution in [0.5, 0.6) is 0 Å². The summed E-state index contributed by atoms with van der Waals surface area (Å²) in [4.78, 5) is 38.1. The molecule has 6 heteroatoms. The van der Waals surface area contributed by atoms with E-state index in [-0.39, 0.29) is 31.1 Å². The lowest BCUT2D eigenvalue weighted by atomic mass is 10.0. The van der Waals surface area contributed by atoms with Gasteiger partial charge in [-0.15, -0.1) is 0 Å². The summed E-state index contributed by atoms with van der Waals surface area (Å²) in [6.07, 6.45) is 48.0. The van der Waals surface area contributed by atoms with Gasteiger partial charge >= 0.3 is 17.9 Å². The monoisotopic (exact) mass is 877 g/mol. The molecule has 0 aromatic rings. The minimum atomic E-state index is -0.763. The fourth-order valence-electron chi connectivity index (χ4n) is 8.47. The predicted molar refractivity (Wildman–Crippen MR) is 266 cm³/mol. The zero-order chi connectivity index (χ0) is 45.6. The molecular formula is C56H108O6. The smallest absolute Gasteiger partial charge is 0.306 e.